The first-order valence-electron chi connectivity index (χ1n) is 6.56. The number of aliphatic carboxylic acids is 1. The van der Waals surface area contributed by atoms with Gasteiger partial charge in [0.1, 0.15) is 0 Å². The number of carbonyl (C=O) groups is 2. The molecule has 2 aromatic heterocycles. The largest absolute Gasteiger partial charge is 0.481 e. The summed E-state index contributed by atoms with van der Waals surface area (Å²) in [7, 11) is 0. The van der Waals surface area contributed by atoms with Crippen molar-refractivity contribution in [2.45, 2.75) is 19.3 Å². The summed E-state index contributed by atoms with van der Waals surface area (Å²) in [6.07, 6.45) is 5.41. The maximum Gasteiger partial charge on any atom is 0.311 e. The molecule has 2 N–H and O–H groups in total. The number of pyridine rings is 1. The van der Waals surface area contributed by atoms with Crippen molar-refractivity contribution in [3.63, 3.8) is 0 Å². The zero-order valence-electron chi connectivity index (χ0n) is 10.9. The molecule has 104 valence electrons. The molecule has 0 unspecified atom stereocenters. The first-order chi connectivity index (χ1) is 9.62. The second-order valence-corrected chi connectivity index (χ2v) is 5.21. The number of aromatic nitrogens is 2. The number of nitrogens with zero attached hydrogens (tertiary/aromatic N) is 2. The molecule has 1 amide bonds. The summed E-state index contributed by atoms with van der Waals surface area (Å²) >= 11 is 0. The molecule has 2 aromatic rings. The Morgan fingerprint density at radius 3 is 2.85 bits per heavy atom. The Bertz CT molecular complexity index is 673. The van der Waals surface area contributed by atoms with Crippen LogP contribution in [-0.2, 0) is 4.79 Å². The van der Waals surface area contributed by atoms with E-state index in [-0.39, 0.29) is 12.5 Å². The van der Waals surface area contributed by atoms with Crippen molar-refractivity contribution < 1.29 is 14.7 Å². The summed E-state index contributed by atoms with van der Waals surface area (Å²) in [5.41, 5.74) is 0.395. The number of rotatable bonds is 4. The van der Waals surface area contributed by atoms with Gasteiger partial charge < -0.3 is 10.4 Å². The van der Waals surface area contributed by atoms with Crippen LogP contribution in [0.2, 0.25) is 0 Å². The monoisotopic (exact) mass is 273 g/mol. The number of hydrogen-bond donors (Lipinski definition) is 2. The van der Waals surface area contributed by atoms with E-state index >= 15 is 0 Å². The molecule has 20 heavy (non-hydrogen) atoms. The van der Waals surface area contributed by atoms with Gasteiger partial charge in [-0.05, 0) is 25.0 Å². The van der Waals surface area contributed by atoms with Gasteiger partial charge in [-0.15, -0.1) is 0 Å². The van der Waals surface area contributed by atoms with Crippen molar-refractivity contribution in [2.24, 2.45) is 5.41 Å². The zero-order chi connectivity index (χ0) is 14.2. The summed E-state index contributed by atoms with van der Waals surface area (Å²) < 4.78 is 1.62. The van der Waals surface area contributed by atoms with Crippen molar-refractivity contribution in [2.75, 3.05) is 6.54 Å². The van der Waals surface area contributed by atoms with Gasteiger partial charge in [0.2, 0.25) is 0 Å². The molecule has 1 fully saturated rings. The first kappa shape index (κ1) is 12.7. The fourth-order valence-electron chi connectivity index (χ4n) is 2.52. The van der Waals surface area contributed by atoms with Gasteiger partial charge in [0, 0.05) is 12.7 Å². The van der Waals surface area contributed by atoms with Crippen LogP contribution in [0.15, 0.2) is 30.6 Å². The maximum atomic E-state index is 12.2. The van der Waals surface area contributed by atoms with E-state index < -0.39 is 11.4 Å². The smallest absolute Gasteiger partial charge is 0.311 e. The van der Waals surface area contributed by atoms with Crippen molar-refractivity contribution in [3.05, 3.63) is 36.2 Å². The van der Waals surface area contributed by atoms with E-state index in [0.717, 1.165) is 6.42 Å². The molecular weight excluding hydrogens is 258 g/mol. The summed E-state index contributed by atoms with van der Waals surface area (Å²) in [6.45, 7) is 0.172. The van der Waals surface area contributed by atoms with Crippen LogP contribution in [0.25, 0.3) is 5.52 Å². The SMILES string of the molecule is O=C(NCC1(C(=O)O)CCC1)c1cnn2ccccc12. The lowest BCUT2D eigenvalue weighted by Gasteiger charge is -2.37. The third-order valence-electron chi connectivity index (χ3n) is 4.02. The lowest BCUT2D eigenvalue weighted by atomic mass is 9.69. The summed E-state index contributed by atoms with van der Waals surface area (Å²) in [5, 5.41) is 16.1. The van der Waals surface area contributed by atoms with E-state index in [1.807, 2.05) is 12.1 Å². The van der Waals surface area contributed by atoms with E-state index in [1.165, 1.54) is 6.20 Å². The lowest BCUT2D eigenvalue weighted by Crippen LogP contribution is -2.47. The number of nitrogens with one attached hydrogen (secondary N) is 1. The average Bonchev–Trinajstić information content (AvgIpc) is 2.80. The van der Waals surface area contributed by atoms with Gasteiger partial charge in [-0.2, -0.15) is 5.10 Å². The van der Waals surface area contributed by atoms with Crippen molar-refractivity contribution >= 4 is 17.4 Å². The van der Waals surface area contributed by atoms with E-state index in [4.69, 9.17) is 0 Å². The first-order valence-corrected chi connectivity index (χ1v) is 6.56. The van der Waals surface area contributed by atoms with Gasteiger partial charge in [0.25, 0.3) is 5.91 Å². The fraction of sp³-hybridized carbons (Fsp3) is 0.357. The molecule has 1 aliphatic rings. The average molecular weight is 273 g/mol. The molecule has 6 heteroatoms. The number of carboxylic acid groups (broad SMARTS) is 1. The normalized spacial score (nSPS) is 16.6. The Morgan fingerprint density at radius 1 is 1.40 bits per heavy atom. The standard InChI is InChI=1S/C14H15N3O3/c18-12(15-9-14(13(19)20)5-3-6-14)10-8-16-17-7-2-1-4-11(10)17/h1-2,4,7-8H,3,5-6,9H2,(H,15,18)(H,19,20). The van der Waals surface area contributed by atoms with E-state index in [0.29, 0.717) is 23.9 Å². The highest BCUT2D eigenvalue weighted by Crippen LogP contribution is 2.40. The van der Waals surface area contributed by atoms with E-state index in [1.54, 1.807) is 16.8 Å². The molecule has 0 bridgehead atoms. The lowest BCUT2D eigenvalue weighted by molar-refractivity contribution is -0.153. The topological polar surface area (TPSA) is 83.7 Å². The summed E-state index contributed by atoms with van der Waals surface area (Å²) in [5.74, 6) is -1.11. The number of carbonyl (C=O) groups excluding carboxylic acids is 1. The van der Waals surface area contributed by atoms with Crippen LogP contribution in [0.4, 0.5) is 0 Å². The Morgan fingerprint density at radius 2 is 2.20 bits per heavy atom. The molecule has 0 aromatic carbocycles. The van der Waals surface area contributed by atoms with Gasteiger partial charge in [0.05, 0.1) is 22.7 Å². The third kappa shape index (κ3) is 1.93. The Labute approximate surface area is 115 Å². The quantitative estimate of drug-likeness (QED) is 0.880. The van der Waals surface area contributed by atoms with E-state index in [2.05, 4.69) is 10.4 Å². The number of amides is 1. The number of fused-ring (bicyclic) bond motifs is 1. The van der Waals surface area contributed by atoms with Crippen LogP contribution in [0, 0.1) is 5.41 Å². The van der Waals surface area contributed by atoms with Crippen LogP contribution < -0.4 is 5.32 Å². The Hall–Kier alpha value is -2.37. The highest BCUT2D eigenvalue weighted by Gasteiger charge is 2.44. The predicted molar refractivity (Wildman–Crippen MR) is 71.4 cm³/mol. The van der Waals surface area contributed by atoms with Crippen LogP contribution in [0.5, 0.6) is 0 Å². The van der Waals surface area contributed by atoms with Crippen LogP contribution in [-0.4, -0.2) is 33.1 Å². The van der Waals surface area contributed by atoms with Crippen LogP contribution >= 0.6 is 0 Å². The Kier molecular flexibility index (Phi) is 2.93. The van der Waals surface area contributed by atoms with Crippen LogP contribution in [0.3, 0.4) is 0 Å². The second kappa shape index (κ2) is 4.63. The molecule has 3 rings (SSSR count). The maximum absolute atomic E-state index is 12.2. The molecule has 0 aliphatic heterocycles. The molecule has 0 spiro atoms. The third-order valence-corrected chi connectivity index (χ3v) is 4.02. The highest BCUT2D eigenvalue weighted by atomic mass is 16.4. The van der Waals surface area contributed by atoms with Crippen molar-refractivity contribution in [1.82, 2.24) is 14.9 Å². The Balaban J connectivity index is 1.75. The summed E-state index contributed by atoms with van der Waals surface area (Å²) in [6, 6.07) is 5.46. The van der Waals surface area contributed by atoms with Gasteiger partial charge in [-0.1, -0.05) is 12.5 Å². The molecule has 1 aliphatic carbocycles. The van der Waals surface area contributed by atoms with E-state index in [9.17, 15) is 14.7 Å². The minimum atomic E-state index is -0.830. The van der Waals surface area contributed by atoms with Gasteiger partial charge in [-0.25, -0.2) is 4.52 Å². The molecule has 6 nitrogen and oxygen atoms in total. The second-order valence-electron chi connectivity index (χ2n) is 5.21. The molecular formula is C14H15N3O3. The molecule has 1 saturated carbocycles. The zero-order valence-corrected chi connectivity index (χ0v) is 10.9. The van der Waals surface area contributed by atoms with Crippen LogP contribution in [0.1, 0.15) is 29.6 Å². The van der Waals surface area contributed by atoms with Crippen molar-refractivity contribution in [1.29, 1.82) is 0 Å². The number of hydrogen-bond acceptors (Lipinski definition) is 3. The predicted octanol–water partition coefficient (Wildman–Crippen LogP) is 1.32. The molecule has 0 saturated heterocycles. The van der Waals surface area contributed by atoms with Gasteiger partial charge in [0.15, 0.2) is 0 Å². The van der Waals surface area contributed by atoms with Crippen molar-refractivity contribution in [3.8, 4) is 0 Å². The minimum Gasteiger partial charge on any atom is -0.481 e. The molecule has 0 radical (unpaired) electrons. The van der Waals surface area contributed by atoms with Gasteiger partial charge in [-0.3, -0.25) is 9.59 Å². The molecule has 2 heterocycles. The van der Waals surface area contributed by atoms with Gasteiger partial charge >= 0.3 is 5.97 Å². The number of carboxylic acids is 1. The fourth-order valence-corrected chi connectivity index (χ4v) is 2.52. The minimum absolute atomic E-state index is 0.172. The summed E-state index contributed by atoms with van der Waals surface area (Å²) in [4.78, 5) is 23.4. The highest BCUT2D eigenvalue weighted by molar-refractivity contribution is 6.00. The molecule has 0 atom stereocenters.